The Bertz CT molecular complexity index is 1930. The normalized spacial score (nSPS) is 13.0. The highest BCUT2D eigenvalue weighted by Gasteiger charge is 2.21. The van der Waals surface area contributed by atoms with E-state index in [4.69, 9.17) is 4.98 Å². The van der Waals surface area contributed by atoms with Gasteiger partial charge in [-0.15, -0.1) is 0 Å². The van der Waals surface area contributed by atoms with Crippen molar-refractivity contribution in [1.29, 1.82) is 5.26 Å². The van der Waals surface area contributed by atoms with Crippen LogP contribution in [0.25, 0.3) is 27.8 Å². The maximum absolute atomic E-state index is 12.7. The Morgan fingerprint density at radius 1 is 0.976 bits per heavy atom. The number of carbonyl (C=O) groups excluding carboxylic acids is 1. The number of amides is 1. The average Bonchev–Trinajstić information content (AvgIpc) is 3.65. The molecule has 1 saturated heterocycles. The maximum Gasteiger partial charge on any atom is 0.298 e. The number of non-ortho nitro benzene ring substituents is 1. The first-order valence-corrected chi connectivity index (χ1v) is 13.1. The number of nitro groups is 1. The Kier molecular flexibility index (Phi) is 6.79. The fourth-order valence-electron chi connectivity index (χ4n) is 4.92. The van der Waals surface area contributed by atoms with Crippen LogP contribution in [0.5, 0.6) is 0 Å². The molecule has 4 aromatic heterocycles. The van der Waals surface area contributed by atoms with Crippen molar-refractivity contribution in [3.63, 3.8) is 0 Å². The molecule has 206 valence electrons. The second kappa shape index (κ2) is 10.9. The average molecular weight is 558 g/mol. The molecule has 42 heavy (non-hydrogen) atoms. The van der Waals surface area contributed by atoms with E-state index in [1.54, 1.807) is 44.8 Å². The smallest absolute Gasteiger partial charge is 0.298 e. The lowest BCUT2D eigenvalue weighted by molar-refractivity contribution is -0.384. The second-order valence-corrected chi connectivity index (χ2v) is 9.75. The summed E-state index contributed by atoms with van der Waals surface area (Å²) in [6.45, 7) is 2.11. The molecule has 0 atom stereocenters. The number of piperazine rings is 1. The zero-order chi connectivity index (χ0) is 29.2. The van der Waals surface area contributed by atoms with Crippen LogP contribution < -0.4 is 4.90 Å². The number of rotatable bonds is 4. The van der Waals surface area contributed by atoms with Crippen molar-refractivity contribution in [2.75, 3.05) is 31.1 Å². The third kappa shape index (κ3) is 5.12. The molecule has 12 nitrogen and oxygen atoms in total. The van der Waals surface area contributed by atoms with Crippen LogP contribution in [-0.4, -0.2) is 66.3 Å². The van der Waals surface area contributed by atoms with Gasteiger partial charge in [0.25, 0.3) is 11.6 Å². The van der Waals surface area contributed by atoms with Crippen molar-refractivity contribution in [3.05, 3.63) is 94.7 Å². The minimum atomic E-state index is -0.492. The van der Waals surface area contributed by atoms with Gasteiger partial charge in [-0.1, -0.05) is 12.0 Å². The summed E-state index contributed by atoms with van der Waals surface area (Å²) in [5.74, 6) is 5.79. The lowest BCUT2D eigenvalue weighted by Gasteiger charge is -2.34. The van der Waals surface area contributed by atoms with Crippen LogP contribution in [0.4, 0.5) is 11.5 Å². The van der Waals surface area contributed by atoms with Gasteiger partial charge in [-0.05, 0) is 24.3 Å². The van der Waals surface area contributed by atoms with Gasteiger partial charge < -0.3 is 9.80 Å². The second-order valence-electron chi connectivity index (χ2n) is 9.75. The first-order chi connectivity index (χ1) is 20.4. The van der Waals surface area contributed by atoms with Crippen molar-refractivity contribution in [3.8, 4) is 40.2 Å². The highest BCUT2D eigenvalue weighted by molar-refractivity contribution is 5.94. The number of pyridine rings is 2. The van der Waals surface area contributed by atoms with E-state index < -0.39 is 4.92 Å². The molecule has 0 aliphatic carbocycles. The first-order valence-electron chi connectivity index (χ1n) is 13.1. The monoisotopic (exact) mass is 557 g/mol. The molecule has 6 rings (SSSR count). The highest BCUT2D eigenvalue weighted by atomic mass is 16.6. The Hall–Kier alpha value is -6.01. The van der Waals surface area contributed by atoms with Gasteiger partial charge in [0.05, 0.1) is 28.4 Å². The first kappa shape index (κ1) is 26.2. The Morgan fingerprint density at radius 2 is 1.81 bits per heavy atom. The van der Waals surface area contributed by atoms with Crippen LogP contribution in [0.1, 0.15) is 11.1 Å². The number of nitrogens with zero attached hydrogens (tertiary/aromatic N) is 9. The lowest BCUT2D eigenvalue weighted by Crippen LogP contribution is -2.48. The molecule has 0 saturated carbocycles. The molecule has 0 N–H and O–H groups in total. The van der Waals surface area contributed by atoms with Gasteiger partial charge in [0.15, 0.2) is 0 Å². The molecule has 0 radical (unpaired) electrons. The van der Waals surface area contributed by atoms with Crippen molar-refractivity contribution in [2.24, 2.45) is 7.05 Å². The van der Waals surface area contributed by atoms with Crippen LogP contribution in [-0.2, 0) is 11.8 Å². The fraction of sp³-hybridized carbons (Fsp3) is 0.167. The molecule has 1 fully saturated rings. The lowest BCUT2D eigenvalue weighted by atomic mass is 10.0. The topological polar surface area (TPSA) is 138 Å². The minimum absolute atomic E-state index is 0.0670. The van der Waals surface area contributed by atoms with Gasteiger partial charge in [-0.2, -0.15) is 15.5 Å². The summed E-state index contributed by atoms with van der Waals surface area (Å²) in [6.07, 6.45) is 8.93. The van der Waals surface area contributed by atoms with E-state index in [1.165, 1.54) is 12.1 Å². The summed E-state index contributed by atoms with van der Waals surface area (Å²) in [6, 6.07) is 14.1. The molecule has 5 aromatic rings. The molecule has 1 aromatic carbocycles. The number of anilines is 1. The molecule has 5 heterocycles. The van der Waals surface area contributed by atoms with E-state index in [9.17, 15) is 20.2 Å². The molecular formula is C30H23N9O3. The number of nitriles is 1. The Labute approximate surface area is 240 Å². The molecule has 1 amide bonds. The predicted molar refractivity (Wildman–Crippen MR) is 154 cm³/mol. The van der Waals surface area contributed by atoms with Crippen LogP contribution in [0.15, 0.2) is 73.4 Å². The van der Waals surface area contributed by atoms with E-state index in [-0.39, 0.29) is 11.6 Å². The summed E-state index contributed by atoms with van der Waals surface area (Å²) in [4.78, 5) is 31.6. The third-order valence-electron chi connectivity index (χ3n) is 7.09. The van der Waals surface area contributed by atoms with Crippen LogP contribution in [0.3, 0.4) is 0 Å². The van der Waals surface area contributed by atoms with Crippen molar-refractivity contribution in [1.82, 2.24) is 29.3 Å². The van der Waals surface area contributed by atoms with Gasteiger partial charge in [-0.25, -0.2) is 9.50 Å². The van der Waals surface area contributed by atoms with Crippen molar-refractivity contribution >= 4 is 22.9 Å². The van der Waals surface area contributed by atoms with Gasteiger partial charge in [0, 0.05) is 97.7 Å². The largest absolute Gasteiger partial charge is 0.353 e. The van der Waals surface area contributed by atoms with Crippen molar-refractivity contribution < 1.29 is 9.72 Å². The van der Waals surface area contributed by atoms with Gasteiger partial charge >= 0.3 is 0 Å². The zero-order valence-electron chi connectivity index (χ0n) is 22.5. The highest BCUT2D eigenvalue weighted by Crippen LogP contribution is 2.32. The summed E-state index contributed by atoms with van der Waals surface area (Å²) in [5.41, 5.74) is 5.06. The number of hydrogen-bond acceptors (Lipinski definition) is 8. The number of hydrogen-bond donors (Lipinski definition) is 0. The summed E-state index contributed by atoms with van der Waals surface area (Å²) in [5, 5.41) is 29.3. The molecule has 1 aliphatic heterocycles. The zero-order valence-corrected chi connectivity index (χ0v) is 22.5. The van der Waals surface area contributed by atoms with Crippen molar-refractivity contribution in [2.45, 2.75) is 0 Å². The maximum atomic E-state index is 12.7. The van der Waals surface area contributed by atoms with E-state index in [0.717, 1.165) is 28.1 Å². The number of aryl methyl sites for hydroxylation is 1. The molecule has 0 bridgehead atoms. The van der Waals surface area contributed by atoms with Crippen LogP contribution >= 0.6 is 0 Å². The SMILES string of the molecule is Cn1cc(-c2cc(-c3ccc(N4CCN(C(=O)C#Cc5cccc([N+](=O)[O-])c5)CC4)nc3)c3c(C#N)cnn3c2)cn1. The quantitative estimate of drug-likeness (QED) is 0.186. The molecule has 0 spiro atoms. The predicted octanol–water partition coefficient (Wildman–Crippen LogP) is 3.28. The minimum Gasteiger partial charge on any atom is -0.353 e. The molecular weight excluding hydrogens is 534 g/mol. The van der Waals surface area contributed by atoms with E-state index in [0.29, 0.717) is 42.8 Å². The number of fused-ring (bicyclic) bond motifs is 1. The number of carbonyl (C=O) groups is 1. The third-order valence-corrected chi connectivity index (χ3v) is 7.09. The Balaban J connectivity index is 1.18. The number of nitro benzene ring substituents is 1. The van der Waals surface area contributed by atoms with E-state index in [2.05, 4.69) is 33.0 Å². The molecule has 12 heteroatoms. The van der Waals surface area contributed by atoms with E-state index >= 15 is 0 Å². The van der Waals surface area contributed by atoms with Crippen LogP contribution in [0.2, 0.25) is 0 Å². The number of aromatic nitrogens is 5. The van der Waals surface area contributed by atoms with E-state index in [1.807, 2.05) is 37.6 Å². The summed E-state index contributed by atoms with van der Waals surface area (Å²) < 4.78 is 3.44. The van der Waals surface area contributed by atoms with Gasteiger partial charge in [0.1, 0.15) is 11.9 Å². The fourth-order valence-corrected chi connectivity index (χ4v) is 4.92. The summed E-state index contributed by atoms with van der Waals surface area (Å²) in [7, 11) is 1.86. The number of benzene rings is 1. The standard InChI is InChI=1S/C30H23N9O3/c1-35-19-25(18-33-35)23-14-27(30-24(15-31)17-34-38(30)20-23)22-6-7-28(32-16-22)36-9-11-37(12-10-36)29(40)8-5-21-3-2-4-26(13-21)39(41)42/h2-4,6-7,13-14,16-20H,9-12H2,1H3. The van der Waals surface area contributed by atoms with Gasteiger partial charge in [-0.3, -0.25) is 19.6 Å². The summed E-state index contributed by atoms with van der Waals surface area (Å²) >= 11 is 0. The van der Waals surface area contributed by atoms with Crippen LogP contribution in [0, 0.1) is 33.3 Å². The van der Waals surface area contributed by atoms with Gasteiger partial charge in [0.2, 0.25) is 0 Å². The Morgan fingerprint density at radius 3 is 2.50 bits per heavy atom. The molecule has 0 unspecified atom stereocenters. The molecule has 1 aliphatic rings.